The molecule has 3 N–H and O–H groups in total. The summed E-state index contributed by atoms with van der Waals surface area (Å²) in [7, 11) is 0. The van der Waals surface area contributed by atoms with Crippen LogP contribution in [0.1, 0.15) is 57.6 Å². The first-order chi connectivity index (χ1) is 9.63. The van der Waals surface area contributed by atoms with Gasteiger partial charge in [-0.2, -0.15) is 0 Å². The average Bonchev–Trinajstić information content (AvgIpc) is 2.42. The monoisotopic (exact) mass is 293 g/mol. The van der Waals surface area contributed by atoms with Crippen molar-refractivity contribution in [2.24, 2.45) is 16.6 Å². The first kappa shape index (κ1) is 16.4. The van der Waals surface area contributed by atoms with Crippen LogP contribution in [0.5, 0.6) is 0 Å². The van der Waals surface area contributed by atoms with Crippen LogP contribution in [-0.2, 0) is 5.60 Å². The normalized spacial score (nSPS) is 23.6. The summed E-state index contributed by atoms with van der Waals surface area (Å²) >= 11 is 0. The van der Waals surface area contributed by atoms with Gasteiger partial charge in [-0.3, -0.25) is 0 Å². The molecule has 1 aliphatic rings. The van der Waals surface area contributed by atoms with Gasteiger partial charge in [-0.25, -0.2) is 4.39 Å². The van der Waals surface area contributed by atoms with E-state index in [1.54, 1.807) is 19.9 Å². The highest BCUT2D eigenvalue weighted by molar-refractivity contribution is 5.30. The predicted octanol–water partition coefficient (Wildman–Crippen LogP) is 3.89. The second-order valence-corrected chi connectivity index (χ2v) is 7.68. The third-order valence-electron chi connectivity index (χ3n) is 5.72. The highest BCUT2D eigenvalue weighted by atomic mass is 19.1. The van der Waals surface area contributed by atoms with Crippen LogP contribution in [0.15, 0.2) is 18.2 Å². The first-order valence-corrected chi connectivity index (χ1v) is 7.83. The summed E-state index contributed by atoms with van der Waals surface area (Å²) in [6.45, 7) is 8.46. The standard InChI is InChI=1S/C18H28FNO/c1-13-5-6-14(11-15(13)19)17(4,21)18(12-20)9-7-16(2,3)8-10-18/h5-6,11,21H,7-10,12,20H2,1-4H3. The zero-order valence-corrected chi connectivity index (χ0v) is 13.7. The molecule has 2 rings (SSSR count). The molecular formula is C18H28FNO. The number of nitrogens with two attached hydrogens (primary N) is 1. The van der Waals surface area contributed by atoms with Crippen molar-refractivity contribution < 1.29 is 9.50 Å². The van der Waals surface area contributed by atoms with Crippen LogP contribution >= 0.6 is 0 Å². The topological polar surface area (TPSA) is 46.2 Å². The van der Waals surface area contributed by atoms with E-state index in [4.69, 9.17) is 5.73 Å². The van der Waals surface area contributed by atoms with Crippen LogP contribution in [0.25, 0.3) is 0 Å². The fourth-order valence-electron chi connectivity index (χ4n) is 3.50. The van der Waals surface area contributed by atoms with Crippen molar-refractivity contribution in [3.05, 3.63) is 35.1 Å². The molecule has 1 aromatic carbocycles. The lowest BCUT2D eigenvalue weighted by atomic mass is 9.57. The summed E-state index contributed by atoms with van der Waals surface area (Å²) in [6, 6.07) is 5.03. The number of rotatable bonds is 3. The Hall–Kier alpha value is -0.930. The molecule has 1 saturated carbocycles. The quantitative estimate of drug-likeness (QED) is 0.888. The van der Waals surface area contributed by atoms with Gasteiger partial charge in [0.1, 0.15) is 5.82 Å². The number of aliphatic hydroxyl groups is 1. The molecule has 0 aliphatic heterocycles. The summed E-state index contributed by atoms with van der Waals surface area (Å²) < 4.78 is 13.9. The van der Waals surface area contributed by atoms with Crippen LogP contribution in [0, 0.1) is 23.6 Å². The molecule has 0 spiro atoms. The summed E-state index contributed by atoms with van der Waals surface area (Å²) in [6.07, 6.45) is 3.82. The molecular weight excluding hydrogens is 265 g/mol. The van der Waals surface area contributed by atoms with Crippen LogP contribution in [0.3, 0.4) is 0 Å². The van der Waals surface area contributed by atoms with E-state index in [9.17, 15) is 9.50 Å². The van der Waals surface area contributed by atoms with E-state index in [1.165, 1.54) is 6.07 Å². The molecule has 0 bridgehead atoms. The van der Waals surface area contributed by atoms with Gasteiger partial charge in [0.05, 0.1) is 5.60 Å². The zero-order chi connectivity index (χ0) is 15.9. The maximum atomic E-state index is 13.9. The molecule has 3 heteroatoms. The summed E-state index contributed by atoms with van der Waals surface area (Å²) in [4.78, 5) is 0. The van der Waals surface area contributed by atoms with E-state index in [0.29, 0.717) is 23.1 Å². The Morgan fingerprint density at radius 3 is 2.29 bits per heavy atom. The molecule has 21 heavy (non-hydrogen) atoms. The van der Waals surface area contributed by atoms with E-state index >= 15 is 0 Å². The Bertz CT molecular complexity index is 512. The van der Waals surface area contributed by atoms with Crippen molar-refractivity contribution in [1.82, 2.24) is 0 Å². The fraction of sp³-hybridized carbons (Fsp3) is 0.667. The van der Waals surface area contributed by atoms with E-state index in [2.05, 4.69) is 13.8 Å². The van der Waals surface area contributed by atoms with Crippen molar-refractivity contribution >= 4 is 0 Å². The molecule has 1 aromatic rings. The minimum atomic E-state index is -1.10. The van der Waals surface area contributed by atoms with Crippen LogP contribution in [0.4, 0.5) is 4.39 Å². The van der Waals surface area contributed by atoms with Crippen molar-refractivity contribution in [3.63, 3.8) is 0 Å². The second-order valence-electron chi connectivity index (χ2n) is 7.68. The van der Waals surface area contributed by atoms with Crippen LogP contribution in [0.2, 0.25) is 0 Å². The van der Waals surface area contributed by atoms with E-state index in [0.717, 1.165) is 25.7 Å². The largest absolute Gasteiger partial charge is 0.385 e. The van der Waals surface area contributed by atoms with Gasteiger partial charge in [0, 0.05) is 12.0 Å². The summed E-state index contributed by atoms with van der Waals surface area (Å²) in [5.41, 5.74) is 6.12. The molecule has 0 radical (unpaired) electrons. The number of aryl methyl sites for hydroxylation is 1. The molecule has 0 amide bonds. The van der Waals surface area contributed by atoms with Gasteiger partial charge in [0.15, 0.2) is 0 Å². The van der Waals surface area contributed by atoms with E-state index in [-0.39, 0.29) is 11.2 Å². The van der Waals surface area contributed by atoms with Gasteiger partial charge in [-0.1, -0.05) is 26.0 Å². The number of benzene rings is 1. The Morgan fingerprint density at radius 2 is 1.81 bits per heavy atom. The fourth-order valence-corrected chi connectivity index (χ4v) is 3.50. The Labute approximate surface area is 127 Å². The van der Waals surface area contributed by atoms with E-state index < -0.39 is 5.60 Å². The molecule has 1 unspecified atom stereocenters. The minimum Gasteiger partial charge on any atom is -0.385 e. The van der Waals surface area contributed by atoms with Crippen molar-refractivity contribution in [1.29, 1.82) is 0 Å². The lowest BCUT2D eigenvalue weighted by molar-refractivity contribution is -0.105. The molecule has 2 nitrogen and oxygen atoms in total. The Kier molecular flexibility index (Phi) is 4.20. The Balaban J connectivity index is 2.37. The van der Waals surface area contributed by atoms with Crippen molar-refractivity contribution in [3.8, 4) is 0 Å². The summed E-state index contributed by atoms with van der Waals surface area (Å²) in [5.74, 6) is -0.268. The van der Waals surface area contributed by atoms with Gasteiger partial charge >= 0.3 is 0 Å². The van der Waals surface area contributed by atoms with Crippen LogP contribution in [-0.4, -0.2) is 11.7 Å². The lowest BCUT2D eigenvalue weighted by Crippen LogP contribution is -2.51. The lowest BCUT2D eigenvalue weighted by Gasteiger charge is -2.51. The van der Waals surface area contributed by atoms with Gasteiger partial charge in [-0.15, -0.1) is 0 Å². The predicted molar refractivity (Wildman–Crippen MR) is 84.4 cm³/mol. The zero-order valence-electron chi connectivity index (χ0n) is 13.7. The SMILES string of the molecule is Cc1ccc(C(C)(O)C2(CN)CCC(C)(C)CC2)cc1F. The number of halogens is 1. The van der Waals surface area contributed by atoms with E-state index in [1.807, 2.05) is 6.07 Å². The maximum absolute atomic E-state index is 13.9. The van der Waals surface area contributed by atoms with Gasteiger partial charge in [-0.05, 0) is 62.1 Å². The average molecular weight is 293 g/mol. The third-order valence-corrected chi connectivity index (χ3v) is 5.72. The first-order valence-electron chi connectivity index (χ1n) is 7.83. The van der Waals surface area contributed by atoms with Gasteiger partial charge < -0.3 is 10.8 Å². The smallest absolute Gasteiger partial charge is 0.126 e. The molecule has 1 atom stereocenters. The molecule has 0 aromatic heterocycles. The molecule has 0 heterocycles. The highest BCUT2D eigenvalue weighted by Crippen LogP contribution is 2.53. The summed E-state index contributed by atoms with van der Waals surface area (Å²) in [5, 5.41) is 11.2. The van der Waals surface area contributed by atoms with Crippen LogP contribution < -0.4 is 5.73 Å². The van der Waals surface area contributed by atoms with Crippen molar-refractivity contribution in [2.75, 3.05) is 6.54 Å². The highest BCUT2D eigenvalue weighted by Gasteiger charge is 2.50. The van der Waals surface area contributed by atoms with Gasteiger partial charge in [0.2, 0.25) is 0 Å². The maximum Gasteiger partial charge on any atom is 0.126 e. The molecule has 1 aliphatic carbocycles. The molecule has 1 fully saturated rings. The number of hydrogen-bond donors (Lipinski definition) is 2. The Morgan fingerprint density at radius 1 is 1.24 bits per heavy atom. The van der Waals surface area contributed by atoms with Gasteiger partial charge in [0.25, 0.3) is 0 Å². The minimum absolute atomic E-state index is 0.268. The molecule has 118 valence electrons. The number of hydrogen-bond acceptors (Lipinski definition) is 2. The second kappa shape index (κ2) is 5.36. The van der Waals surface area contributed by atoms with Crippen molar-refractivity contribution in [2.45, 2.75) is 59.0 Å². The third kappa shape index (κ3) is 2.86. The molecule has 0 saturated heterocycles.